The summed E-state index contributed by atoms with van der Waals surface area (Å²) in [6, 6.07) is 7.33. The van der Waals surface area contributed by atoms with Gasteiger partial charge in [0.1, 0.15) is 6.10 Å². The maximum atomic E-state index is 11.1. The van der Waals surface area contributed by atoms with Crippen LogP contribution in [0.4, 0.5) is 0 Å². The third kappa shape index (κ3) is 0.870. The molecule has 0 aromatic heterocycles. The number of rotatable bonds is 0. The Morgan fingerprint density at radius 2 is 2.09 bits per heavy atom. The smallest absolute Gasteiger partial charge is 0.191 e. The number of aliphatic hydroxyl groups is 1. The quantitative estimate of drug-likeness (QED) is 0.590. The number of hydrogen-bond donors (Lipinski definition) is 1. The van der Waals surface area contributed by atoms with E-state index in [1.54, 1.807) is 6.07 Å². The van der Waals surface area contributed by atoms with Crippen LogP contribution in [-0.2, 0) is 6.42 Å². The number of carbonyl (C=O) groups excluding carboxylic acids is 1. The van der Waals surface area contributed by atoms with Crippen molar-refractivity contribution in [2.45, 2.75) is 12.5 Å². The summed E-state index contributed by atoms with van der Waals surface area (Å²) in [4.78, 5) is 11.1. The minimum absolute atomic E-state index is 0.138. The zero-order chi connectivity index (χ0) is 7.84. The molecule has 0 aliphatic heterocycles. The number of hydrogen-bond acceptors (Lipinski definition) is 2. The van der Waals surface area contributed by atoms with Gasteiger partial charge in [-0.05, 0) is 5.56 Å². The van der Waals surface area contributed by atoms with Gasteiger partial charge in [0.2, 0.25) is 0 Å². The topological polar surface area (TPSA) is 37.3 Å². The highest BCUT2D eigenvalue weighted by Crippen LogP contribution is 2.21. The number of ketones is 1. The molecule has 1 atom stereocenters. The lowest BCUT2D eigenvalue weighted by Crippen LogP contribution is -2.13. The van der Waals surface area contributed by atoms with Crippen LogP contribution in [0.25, 0.3) is 0 Å². The molecule has 0 bridgehead atoms. The van der Waals surface area contributed by atoms with Crippen molar-refractivity contribution >= 4 is 5.78 Å². The van der Waals surface area contributed by atoms with E-state index in [9.17, 15) is 4.79 Å². The molecular weight excluding hydrogens is 140 g/mol. The SMILES string of the molecule is O=C1c2ccccc2C[C@@H]1O. The van der Waals surface area contributed by atoms with Crippen LogP contribution in [0.5, 0.6) is 0 Å². The highest BCUT2D eigenvalue weighted by Gasteiger charge is 2.27. The van der Waals surface area contributed by atoms with Crippen LogP contribution in [-0.4, -0.2) is 17.0 Å². The van der Waals surface area contributed by atoms with Gasteiger partial charge in [-0.15, -0.1) is 0 Å². The highest BCUT2D eigenvalue weighted by molar-refractivity contribution is 6.03. The first-order valence-electron chi connectivity index (χ1n) is 3.59. The number of carbonyl (C=O) groups is 1. The van der Waals surface area contributed by atoms with Crippen molar-refractivity contribution < 1.29 is 9.90 Å². The van der Waals surface area contributed by atoms with Gasteiger partial charge in [-0.1, -0.05) is 24.3 Å². The second-order valence-corrected chi connectivity index (χ2v) is 2.74. The standard InChI is InChI=1S/C9H8O2/c10-8-5-6-3-1-2-4-7(6)9(8)11/h1-4,8,10H,5H2/t8-/m0/s1. The summed E-state index contributed by atoms with van der Waals surface area (Å²) in [5.41, 5.74) is 1.64. The highest BCUT2D eigenvalue weighted by atomic mass is 16.3. The Hall–Kier alpha value is -1.15. The maximum absolute atomic E-state index is 11.1. The molecule has 0 saturated heterocycles. The van der Waals surface area contributed by atoms with Crippen LogP contribution in [0.3, 0.4) is 0 Å². The van der Waals surface area contributed by atoms with Gasteiger partial charge in [0.25, 0.3) is 0 Å². The Morgan fingerprint density at radius 1 is 1.36 bits per heavy atom. The second-order valence-electron chi connectivity index (χ2n) is 2.74. The molecule has 1 aliphatic carbocycles. The lowest BCUT2D eigenvalue weighted by atomic mass is 10.1. The van der Waals surface area contributed by atoms with Crippen molar-refractivity contribution in [1.29, 1.82) is 0 Å². The zero-order valence-electron chi connectivity index (χ0n) is 5.95. The summed E-state index contributed by atoms with van der Waals surface area (Å²) in [6.45, 7) is 0. The van der Waals surface area contributed by atoms with E-state index in [2.05, 4.69) is 0 Å². The summed E-state index contributed by atoms with van der Waals surface area (Å²) in [7, 11) is 0. The van der Waals surface area contributed by atoms with Crippen LogP contribution in [0.15, 0.2) is 24.3 Å². The molecule has 0 heterocycles. The summed E-state index contributed by atoms with van der Waals surface area (Å²) in [5, 5.41) is 9.17. The molecule has 11 heavy (non-hydrogen) atoms. The van der Waals surface area contributed by atoms with Gasteiger partial charge in [0, 0.05) is 12.0 Å². The molecule has 2 rings (SSSR count). The van der Waals surface area contributed by atoms with Gasteiger partial charge in [-0.25, -0.2) is 0 Å². The first kappa shape index (κ1) is 6.55. The molecule has 1 aromatic rings. The van der Waals surface area contributed by atoms with E-state index in [0.29, 0.717) is 12.0 Å². The molecular formula is C9H8O2. The molecule has 1 aliphatic rings. The molecule has 0 saturated carbocycles. The minimum atomic E-state index is -0.799. The molecule has 0 amide bonds. The van der Waals surface area contributed by atoms with Gasteiger partial charge in [-0.2, -0.15) is 0 Å². The third-order valence-electron chi connectivity index (χ3n) is 2.00. The van der Waals surface area contributed by atoms with Crippen molar-refractivity contribution in [3.8, 4) is 0 Å². The summed E-state index contributed by atoms with van der Waals surface area (Å²) >= 11 is 0. The van der Waals surface area contributed by atoms with Gasteiger partial charge >= 0.3 is 0 Å². The number of aliphatic hydroxyl groups excluding tert-OH is 1. The fraction of sp³-hybridized carbons (Fsp3) is 0.222. The largest absolute Gasteiger partial charge is 0.385 e. The van der Waals surface area contributed by atoms with Crippen LogP contribution in [0.1, 0.15) is 15.9 Å². The van der Waals surface area contributed by atoms with Gasteiger partial charge in [-0.3, -0.25) is 4.79 Å². The van der Waals surface area contributed by atoms with Crippen LogP contribution in [0.2, 0.25) is 0 Å². The maximum Gasteiger partial charge on any atom is 0.191 e. The summed E-state index contributed by atoms with van der Waals surface area (Å²) < 4.78 is 0. The molecule has 1 aromatic carbocycles. The van der Waals surface area contributed by atoms with Crippen molar-refractivity contribution in [3.63, 3.8) is 0 Å². The number of fused-ring (bicyclic) bond motifs is 1. The average molecular weight is 148 g/mol. The lowest BCUT2D eigenvalue weighted by Gasteiger charge is -1.93. The van der Waals surface area contributed by atoms with Gasteiger partial charge in [0.15, 0.2) is 5.78 Å². The van der Waals surface area contributed by atoms with Crippen LogP contribution >= 0.6 is 0 Å². The fourth-order valence-corrected chi connectivity index (χ4v) is 1.42. The van der Waals surface area contributed by atoms with Crippen LogP contribution < -0.4 is 0 Å². The summed E-state index contributed by atoms with van der Waals surface area (Å²) in [5.74, 6) is -0.138. The van der Waals surface area contributed by atoms with E-state index < -0.39 is 6.10 Å². The van der Waals surface area contributed by atoms with E-state index >= 15 is 0 Å². The Labute approximate surface area is 64.5 Å². The van der Waals surface area contributed by atoms with Crippen molar-refractivity contribution in [2.75, 3.05) is 0 Å². The first-order chi connectivity index (χ1) is 5.29. The summed E-state index contributed by atoms with van der Waals surface area (Å²) in [6.07, 6.45) is -0.318. The van der Waals surface area contributed by atoms with Crippen molar-refractivity contribution in [2.24, 2.45) is 0 Å². The Morgan fingerprint density at radius 3 is 2.82 bits per heavy atom. The molecule has 0 radical (unpaired) electrons. The van der Waals surface area contributed by atoms with Gasteiger partial charge in [0.05, 0.1) is 0 Å². The van der Waals surface area contributed by atoms with Gasteiger partial charge < -0.3 is 5.11 Å². The second kappa shape index (κ2) is 2.17. The first-order valence-corrected chi connectivity index (χ1v) is 3.59. The number of Topliss-reactive ketones (excluding diaryl/α,β-unsaturated/α-hetero) is 1. The normalized spacial score (nSPS) is 21.9. The average Bonchev–Trinajstić information content (AvgIpc) is 2.30. The van der Waals surface area contributed by atoms with E-state index in [-0.39, 0.29) is 5.78 Å². The van der Waals surface area contributed by atoms with E-state index in [1.165, 1.54) is 0 Å². The van der Waals surface area contributed by atoms with Crippen molar-refractivity contribution in [3.05, 3.63) is 35.4 Å². The van der Waals surface area contributed by atoms with Crippen LogP contribution in [0, 0.1) is 0 Å². The molecule has 2 nitrogen and oxygen atoms in total. The molecule has 0 spiro atoms. The zero-order valence-corrected chi connectivity index (χ0v) is 5.95. The predicted molar refractivity (Wildman–Crippen MR) is 40.5 cm³/mol. The Kier molecular flexibility index (Phi) is 1.29. The molecule has 0 fully saturated rings. The van der Waals surface area contributed by atoms with E-state index in [4.69, 9.17) is 5.11 Å². The third-order valence-corrected chi connectivity index (χ3v) is 2.00. The molecule has 0 unspecified atom stereocenters. The fourth-order valence-electron chi connectivity index (χ4n) is 1.42. The monoisotopic (exact) mass is 148 g/mol. The van der Waals surface area contributed by atoms with Crippen molar-refractivity contribution in [1.82, 2.24) is 0 Å². The lowest BCUT2D eigenvalue weighted by molar-refractivity contribution is 0.0780. The molecule has 56 valence electrons. The predicted octanol–water partition coefficient (Wildman–Crippen LogP) is 0.786. The molecule has 1 N–H and O–H groups in total. The Balaban J connectivity index is 2.55. The van der Waals surface area contributed by atoms with E-state index in [0.717, 1.165) is 5.56 Å². The molecule has 2 heteroatoms. The Bertz CT molecular complexity index is 304. The van der Waals surface area contributed by atoms with E-state index in [1.807, 2.05) is 18.2 Å². The minimum Gasteiger partial charge on any atom is -0.385 e. The number of benzene rings is 1.